The fraction of sp³-hybridized carbons (Fsp3) is 0.400. The summed E-state index contributed by atoms with van der Waals surface area (Å²) in [5.74, 6) is 0.481. The van der Waals surface area contributed by atoms with Crippen LogP contribution in [0.5, 0.6) is 0 Å². The van der Waals surface area contributed by atoms with Crippen LogP contribution in [0.2, 0.25) is 0 Å². The molecule has 2 atom stereocenters. The van der Waals surface area contributed by atoms with Crippen LogP contribution >= 0.6 is 11.3 Å². The fourth-order valence-electron chi connectivity index (χ4n) is 3.97. The highest BCUT2D eigenvalue weighted by atomic mass is 32.1. The Morgan fingerprint density at radius 2 is 2.17 bits per heavy atom. The van der Waals surface area contributed by atoms with Gasteiger partial charge < -0.3 is 14.8 Å². The van der Waals surface area contributed by atoms with Crippen molar-refractivity contribution in [2.45, 2.75) is 31.8 Å². The molecule has 0 aliphatic carbocycles. The molecule has 30 heavy (non-hydrogen) atoms. The first-order chi connectivity index (χ1) is 14.5. The molecule has 1 saturated heterocycles. The topological polar surface area (TPSA) is 98.7 Å². The molecule has 0 aromatic carbocycles. The normalized spacial score (nSPS) is 20.1. The second-order valence-corrected chi connectivity index (χ2v) is 8.90. The van der Waals surface area contributed by atoms with Gasteiger partial charge in [-0.1, -0.05) is 11.3 Å². The van der Waals surface area contributed by atoms with Crippen molar-refractivity contribution in [3.8, 4) is 17.1 Å². The van der Waals surface area contributed by atoms with E-state index in [1.54, 1.807) is 36.0 Å². The number of H-pyrrole nitrogens is 2. The molecule has 0 amide bonds. The molecule has 1 aliphatic heterocycles. The first-order valence-corrected chi connectivity index (χ1v) is 10.8. The highest BCUT2D eigenvalue weighted by molar-refractivity contribution is 7.21. The van der Waals surface area contributed by atoms with Gasteiger partial charge in [0.15, 0.2) is 15.6 Å². The van der Waals surface area contributed by atoms with E-state index in [-0.39, 0.29) is 5.56 Å². The number of rotatable bonds is 4. The number of hydrogen-bond donors (Lipinski definition) is 2. The van der Waals surface area contributed by atoms with E-state index >= 15 is 0 Å². The van der Waals surface area contributed by atoms with Crippen molar-refractivity contribution in [2.75, 3.05) is 25.5 Å². The molecule has 10 heteroatoms. The zero-order chi connectivity index (χ0) is 20.8. The third-order valence-electron chi connectivity index (χ3n) is 6.05. The van der Waals surface area contributed by atoms with Crippen molar-refractivity contribution in [3.05, 3.63) is 41.1 Å². The lowest BCUT2D eigenvalue weighted by Gasteiger charge is -2.39. The minimum absolute atomic E-state index is 0.159. The number of piperidine rings is 1. The van der Waals surface area contributed by atoms with Gasteiger partial charge in [0.2, 0.25) is 5.95 Å². The Kier molecular flexibility index (Phi) is 4.67. The van der Waals surface area contributed by atoms with E-state index in [9.17, 15) is 4.79 Å². The number of fused-ring (bicyclic) bond motifs is 1. The van der Waals surface area contributed by atoms with Gasteiger partial charge in [0.1, 0.15) is 0 Å². The lowest BCUT2D eigenvalue weighted by atomic mass is 9.98. The summed E-state index contributed by atoms with van der Waals surface area (Å²) in [6, 6.07) is 4.49. The molecule has 1 aliphatic rings. The van der Waals surface area contributed by atoms with Crippen LogP contribution in [0.1, 0.15) is 19.8 Å². The summed E-state index contributed by atoms with van der Waals surface area (Å²) in [5, 5.41) is 7.65. The Morgan fingerprint density at radius 1 is 1.30 bits per heavy atom. The Bertz CT molecular complexity index is 1190. The highest BCUT2D eigenvalue weighted by Crippen LogP contribution is 2.31. The zero-order valence-electron chi connectivity index (χ0n) is 17.2. The van der Waals surface area contributed by atoms with Gasteiger partial charge in [-0.15, -0.1) is 0 Å². The van der Waals surface area contributed by atoms with Gasteiger partial charge in [-0.3, -0.25) is 14.5 Å². The molecular weight excluding hydrogens is 400 g/mol. The third-order valence-corrected chi connectivity index (χ3v) is 7.08. The second kappa shape index (κ2) is 7.37. The number of pyridine rings is 1. The van der Waals surface area contributed by atoms with Gasteiger partial charge >= 0.3 is 0 Å². The monoisotopic (exact) mass is 424 g/mol. The van der Waals surface area contributed by atoms with E-state index in [1.807, 2.05) is 6.07 Å². The number of nitrogens with one attached hydrogen (secondary N) is 2. The molecule has 5 rings (SSSR count). The number of hydrogen-bond acceptors (Lipinski definition) is 7. The smallest absolute Gasteiger partial charge is 0.258 e. The molecule has 0 bridgehead atoms. The first-order valence-electron chi connectivity index (χ1n) is 10.0. The van der Waals surface area contributed by atoms with Crippen LogP contribution < -0.4 is 10.5 Å². The van der Waals surface area contributed by atoms with Crippen molar-refractivity contribution in [1.29, 1.82) is 0 Å². The van der Waals surface area contributed by atoms with E-state index < -0.39 is 0 Å². The Labute approximate surface area is 177 Å². The molecule has 0 radical (unpaired) electrons. The van der Waals surface area contributed by atoms with Gasteiger partial charge in [-0.05, 0) is 38.4 Å². The average Bonchev–Trinajstić information content (AvgIpc) is 3.46. The molecule has 5 heterocycles. The molecule has 4 aromatic rings. The van der Waals surface area contributed by atoms with Crippen molar-refractivity contribution >= 4 is 26.9 Å². The van der Waals surface area contributed by atoms with Crippen LogP contribution in [-0.2, 0) is 0 Å². The molecule has 156 valence electrons. The van der Waals surface area contributed by atoms with Crippen LogP contribution in [0, 0.1) is 0 Å². The lowest BCUT2D eigenvalue weighted by molar-refractivity contribution is 0.181. The molecule has 1 fully saturated rings. The molecule has 0 saturated carbocycles. The van der Waals surface area contributed by atoms with Crippen LogP contribution in [0.4, 0.5) is 5.13 Å². The van der Waals surface area contributed by atoms with E-state index in [4.69, 9.17) is 4.98 Å². The maximum absolute atomic E-state index is 12.6. The lowest BCUT2D eigenvalue weighted by Crippen LogP contribution is -2.46. The fourth-order valence-corrected chi connectivity index (χ4v) is 4.90. The Balaban J connectivity index is 1.39. The molecule has 2 N–H and O–H groups in total. The van der Waals surface area contributed by atoms with Crippen molar-refractivity contribution in [3.63, 3.8) is 0 Å². The maximum Gasteiger partial charge on any atom is 0.258 e. The summed E-state index contributed by atoms with van der Waals surface area (Å²) in [6.07, 6.45) is 7.42. The van der Waals surface area contributed by atoms with Crippen molar-refractivity contribution in [2.24, 2.45) is 0 Å². The van der Waals surface area contributed by atoms with Gasteiger partial charge in [-0.2, -0.15) is 10.1 Å². The van der Waals surface area contributed by atoms with Crippen molar-refractivity contribution < 1.29 is 0 Å². The van der Waals surface area contributed by atoms with E-state index in [2.05, 4.69) is 51.0 Å². The molecular formula is C20H24N8OS. The second-order valence-electron chi connectivity index (χ2n) is 7.94. The predicted molar refractivity (Wildman–Crippen MR) is 118 cm³/mol. The molecule has 4 aromatic heterocycles. The van der Waals surface area contributed by atoms with E-state index in [0.29, 0.717) is 23.7 Å². The van der Waals surface area contributed by atoms with Gasteiger partial charge in [0.25, 0.3) is 5.56 Å². The van der Waals surface area contributed by atoms with Gasteiger partial charge in [0.05, 0.1) is 6.20 Å². The van der Waals surface area contributed by atoms with Crippen molar-refractivity contribution in [1.82, 2.24) is 34.6 Å². The first kappa shape index (κ1) is 19.0. The standard InChI is InChI=1S/C20H24N8OS/c1-12-8-15(5-6-26(12)2)27(3)20-24-17-18(30-20)25-19(23-17)28-7-4-13(9-16(28)29)14-10-21-22-11-14/h4,7,9-12,15H,5-6,8H2,1-3H3,(H,21,22)(H,23,25). The van der Waals surface area contributed by atoms with Crippen LogP contribution in [-0.4, -0.2) is 67.3 Å². The number of thiazole rings is 1. The summed E-state index contributed by atoms with van der Waals surface area (Å²) < 4.78 is 1.50. The third kappa shape index (κ3) is 3.31. The van der Waals surface area contributed by atoms with Crippen LogP contribution in [0.3, 0.4) is 0 Å². The number of likely N-dealkylation sites (tertiary alicyclic amines) is 1. The summed E-state index contributed by atoms with van der Waals surface area (Å²) in [5.41, 5.74) is 2.24. The summed E-state index contributed by atoms with van der Waals surface area (Å²) in [4.78, 5) is 30.7. The molecule has 0 spiro atoms. The Hall–Kier alpha value is -2.98. The summed E-state index contributed by atoms with van der Waals surface area (Å²) in [7, 11) is 4.29. The predicted octanol–water partition coefficient (Wildman–Crippen LogP) is 2.48. The summed E-state index contributed by atoms with van der Waals surface area (Å²) in [6.45, 7) is 3.37. The number of aromatic nitrogens is 6. The number of imidazole rings is 1. The van der Waals surface area contributed by atoms with Gasteiger partial charge in [-0.25, -0.2) is 4.98 Å². The number of nitrogens with zero attached hydrogens (tertiary/aromatic N) is 6. The maximum atomic E-state index is 12.6. The SMILES string of the molecule is CC1CC(N(C)c2nc3[nH]c(-n4ccc(-c5cn[nH]c5)cc4=O)nc3s2)CCN1C. The number of aromatic amines is 2. The van der Waals surface area contributed by atoms with Crippen LogP contribution in [0.15, 0.2) is 35.5 Å². The molecule has 2 unspecified atom stereocenters. The zero-order valence-corrected chi connectivity index (χ0v) is 18.0. The average molecular weight is 425 g/mol. The van der Waals surface area contributed by atoms with E-state index in [0.717, 1.165) is 40.5 Å². The van der Waals surface area contributed by atoms with Gasteiger partial charge in [0, 0.05) is 49.7 Å². The highest BCUT2D eigenvalue weighted by Gasteiger charge is 2.27. The number of anilines is 1. The quantitative estimate of drug-likeness (QED) is 0.522. The minimum atomic E-state index is -0.159. The minimum Gasteiger partial charge on any atom is -0.348 e. The Morgan fingerprint density at radius 3 is 2.87 bits per heavy atom. The summed E-state index contributed by atoms with van der Waals surface area (Å²) >= 11 is 1.55. The van der Waals surface area contributed by atoms with Crippen LogP contribution in [0.25, 0.3) is 27.6 Å². The molecule has 9 nitrogen and oxygen atoms in total. The largest absolute Gasteiger partial charge is 0.348 e. The van der Waals surface area contributed by atoms with E-state index in [1.165, 1.54) is 4.57 Å².